The fourth-order valence-electron chi connectivity index (χ4n) is 1.27. The first-order valence-corrected chi connectivity index (χ1v) is 5.68. The number of benzene rings is 1. The number of hydrogen-bond acceptors (Lipinski definition) is 2. The zero-order valence-corrected chi connectivity index (χ0v) is 10.2. The van der Waals surface area contributed by atoms with Gasteiger partial charge in [0.2, 0.25) is 0 Å². The number of halogens is 1. The quantitative estimate of drug-likeness (QED) is 0.646. The molecule has 1 rings (SSSR count). The molecule has 0 aliphatic carbocycles. The fourth-order valence-corrected chi connectivity index (χ4v) is 1.52. The van der Waals surface area contributed by atoms with E-state index < -0.39 is 0 Å². The molecular weight excluding hydrogens is 222 g/mol. The monoisotopic (exact) mass is 237 g/mol. The maximum atomic E-state index is 5.98. The number of rotatable bonds is 4. The second-order valence-electron chi connectivity index (χ2n) is 3.40. The van der Waals surface area contributed by atoms with Gasteiger partial charge < -0.3 is 10.5 Å². The standard InChI is InChI=1S/C13H16ClNO/c1-16-13-8-7-11(10-12(13)14)6-4-2-3-5-9-15/h7-8,10H,2-3,5,9,15H2,1H3. The van der Waals surface area contributed by atoms with Crippen molar-refractivity contribution in [2.24, 2.45) is 5.73 Å². The van der Waals surface area contributed by atoms with Gasteiger partial charge in [0.05, 0.1) is 12.1 Å². The Morgan fingerprint density at radius 2 is 2.19 bits per heavy atom. The molecule has 3 heteroatoms. The normalized spacial score (nSPS) is 9.44. The van der Waals surface area contributed by atoms with E-state index in [0.29, 0.717) is 10.8 Å². The van der Waals surface area contributed by atoms with Crippen LogP contribution in [-0.2, 0) is 0 Å². The van der Waals surface area contributed by atoms with Crippen LogP contribution in [0.25, 0.3) is 0 Å². The van der Waals surface area contributed by atoms with E-state index >= 15 is 0 Å². The molecular formula is C13H16ClNO. The predicted molar refractivity (Wildman–Crippen MR) is 67.8 cm³/mol. The zero-order chi connectivity index (χ0) is 11.8. The van der Waals surface area contributed by atoms with Gasteiger partial charge in [0, 0.05) is 12.0 Å². The Balaban J connectivity index is 2.57. The summed E-state index contributed by atoms with van der Waals surface area (Å²) in [4.78, 5) is 0. The third-order valence-corrected chi connectivity index (χ3v) is 2.44. The van der Waals surface area contributed by atoms with Crippen molar-refractivity contribution in [3.8, 4) is 17.6 Å². The van der Waals surface area contributed by atoms with Gasteiger partial charge in [0.1, 0.15) is 5.75 Å². The van der Waals surface area contributed by atoms with Crippen LogP contribution in [0.1, 0.15) is 24.8 Å². The second-order valence-corrected chi connectivity index (χ2v) is 3.80. The number of nitrogens with two attached hydrogens (primary N) is 1. The highest BCUT2D eigenvalue weighted by Crippen LogP contribution is 2.24. The fraction of sp³-hybridized carbons (Fsp3) is 0.385. The molecule has 0 bridgehead atoms. The highest BCUT2D eigenvalue weighted by atomic mass is 35.5. The molecule has 0 saturated carbocycles. The van der Waals surface area contributed by atoms with Gasteiger partial charge in [-0.2, -0.15) is 0 Å². The van der Waals surface area contributed by atoms with Crippen molar-refractivity contribution < 1.29 is 4.74 Å². The van der Waals surface area contributed by atoms with E-state index in [4.69, 9.17) is 22.1 Å². The van der Waals surface area contributed by atoms with Crippen molar-refractivity contribution in [1.82, 2.24) is 0 Å². The minimum absolute atomic E-state index is 0.594. The minimum Gasteiger partial charge on any atom is -0.495 e. The van der Waals surface area contributed by atoms with E-state index in [1.165, 1.54) is 0 Å². The summed E-state index contributed by atoms with van der Waals surface area (Å²) in [6.45, 7) is 0.732. The van der Waals surface area contributed by atoms with E-state index in [1.54, 1.807) is 7.11 Å². The Labute approximate surface area is 102 Å². The molecule has 0 spiro atoms. The SMILES string of the molecule is COc1ccc(C#CCCCCN)cc1Cl. The molecule has 0 aromatic heterocycles. The second kappa shape index (κ2) is 7.16. The van der Waals surface area contributed by atoms with Gasteiger partial charge in [-0.1, -0.05) is 23.4 Å². The number of ether oxygens (including phenoxy) is 1. The van der Waals surface area contributed by atoms with Crippen molar-refractivity contribution in [3.05, 3.63) is 28.8 Å². The van der Waals surface area contributed by atoms with Crippen LogP contribution in [0.3, 0.4) is 0 Å². The van der Waals surface area contributed by atoms with Crippen LogP contribution in [-0.4, -0.2) is 13.7 Å². The van der Waals surface area contributed by atoms with Gasteiger partial charge in [0.15, 0.2) is 0 Å². The van der Waals surface area contributed by atoms with Gasteiger partial charge in [0.25, 0.3) is 0 Å². The average Bonchev–Trinajstić information content (AvgIpc) is 2.29. The van der Waals surface area contributed by atoms with Crippen LogP contribution >= 0.6 is 11.6 Å². The Morgan fingerprint density at radius 1 is 1.38 bits per heavy atom. The minimum atomic E-state index is 0.594. The lowest BCUT2D eigenvalue weighted by Crippen LogP contribution is -1.96. The third-order valence-electron chi connectivity index (χ3n) is 2.14. The molecule has 1 aromatic carbocycles. The number of methoxy groups -OCH3 is 1. The molecule has 86 valence electrons. The molecule has 0 aliphatic rings. The van der Waals surface area contributed by atoms with Gasteiger partial charge in [-0.15, -0.1) is 0 Å². The highest BCUT2D eigenvalue weighted by molar-refractivity contribution is 6.32. The molecule has 0 saturated heterocycles. The van der Waals surface area contributed by atoms with Crippen LogP contribution in [0.2, 0.25) is 5.02 Å². The van der Waals surface area contributed by atoms with E-state index in [2.05, 4.69) is 11.8 Å². The smallest absolute Gasteiger partial charge is 0.137 e. The van der Waals surface area contributed by atoms with Gasteiger partial charge in [-0.25, -0.2) is 0 Å². The molecule has 0 aliphatic heterocycles. The molecule has 2 N–H and O–H groups in total. The van der Waals surface area contributed by atoms with E-state index in [9.17, 15) is 0 Å². The van der Waals surface area contributed by atoms with Crippen molar-refractivity contribution in [1.29, 1.82) is 0 Å². The van der Waals surface area contributed by atoms with Crippen molar-refractivity contribution >= 4 is 11.6 Å². The molecule has 16 heavy (non-hydrogen) atoms. The number of unbranched alkanes of at least 4 members (excludes halogenated alkanes) is 2. The molecule has 2 nitrogen and oxygen atoms in total. The van der Waals surface area contributed by atoms with E-state index in [1.807, 2.05) is 18.2 Å². The molecule has 0 radical (unpaired) electrons. The summed E-state index contributed by atoms with van der Waals surface area (Å²) in [5.41, 5.74) is 6.31. The maximum Gasteiger partial charge on any atom is 0.137 e. The van der Waals surface area contributed by atoms with E-state index in [-0.39, 0.29) is 0 Å². The van der Waals surface area contributed by atoms with Crippen LogP contribution in [0, 0.1) is 11.8 Å². The highest BCUT2D eigenvalue weighted by Gasteiger charge is 1.99. The molecule has 0 unspecified atom stereocenters. The maximum absolute atomic E-state index is 5.98. The van der Waals surface area contributed by atoms with Crippen LogP contribution in [0.4, 0.5) is 0 Å². The van der Waals surface area contributed by atoms with Crippen molar-refractivity contribution in [3.63, 3.8) is 0 Å². The Morgan fingerprint density at radius 3 is 2.81 bits per heavy atom. The molecule has 0 atom stereocenters. The summed E-state index contributed by atoms with van der Waals surface area (Å²) in [5, 5.41) is 0.594. The lowest BCUT2D eigenvalue weighted by Gasteiger charge is -2.01. The molecule has 0 fully saturated rings. The molecule has 1 aromatic rings. The zero-order valence-electron chi connectivity index (χ0n) is 9.42. The summed E-state index contributed by atoms with van der Waals surface area (Å²) in [6.07, 6.45) is 2.95. The number of hydrogen-bond donors (Lipinski definition) is 1. The summed E-state index contributed by atoms with van der Waals surface area (Å²) >= 11 is 5.98. The Kier molecular flexibility index (Phi) is 5.77. The largest absolute Gasteiger partial charge is 0.495 e. The van der Waals surface area contributed by atoms with Gasteiger partial charge in [-0.3, -0.25) is 0 Å². The van der Waals surface area contributed by atoms with Gasteiger partial charge in [-0.05, 0) is 37.6 Å². The van der Waals surface area contributed by atoms with Gasteiger partial charge >= 0.3 is 0 Å². The summed E-state index contributed by atoms with van der Waals surface area (Å²) in [5.74, 6) is 6.84. The summed E-state index contributed by atoms with van der Waals surface area (Å²) < 4.78 is 5.06. The first kappa shape index (κ1) is 12.9. The topological polar surface area (TPSA) is 35.2 Å². The first-order valence-electron chi connectivity index (χ1n) is 5.30. The lowest BCUT2D eigenvalue weighted by atomic mass is 10.2. The lowest BCUT2D eigenvalue weighted by molar-refractivity contribution is 0.415. The average molecular weight is 238 g/mol. The summed E-state index contributed by atoms with van der Waals surface area (Å²) in [6, 6.07) is 5.54. The summed E-state index contributed by atoms with van der Waals surface area (Å²) in [7, 11) is 1.60. The van der Waals surface area contributed by atoms with Crippen molar-refractivity contribution in [2.75, 3.05) is 13.7 Å². The van der Waals surface area contributed by atoms with Crippen LogP contribution in [0.5, 0.6) is 5.75 Å². The molecule has 0 amide bonds. The van der Waals surface area contributed by atoms with Crippen LogP contribution < -0.4 is 10.5 Å². The van der Waals surface area contributed by atoms with Crippen LogP contribution in [0.15, 0.2) is 18.2 Å². The first-order chi connectivity index (χ1) is 7.77. The Bertz CT molecular complexity index is 393. The molecule has 0 heterocycles. The van der Waals surface area contributed by atoms with Crippen molar-refractivity contribution in [2.45, 2.75) is 19.3 Å². The van der Waals surface area contributed by atoms with E-state index in [0.717, 1.165) is 31.4 Å². The predicted octanol–water partition coefficient (Wildman–Crippen LogP) is 2.83. The Hall–Kier alpha value is -1.17. The third kappa shape index (κ3) is 4.14.